The zero-order valence-electron chi connectivity index (χ0n) is 15.1. The molecule has 0 spiro atoms. The van der Waals surface area contributed by atoms with Gasteiger partial charge in [0.2, 0.25) is 0 Å². The van der Waals surface area contributed by atoms with Crippen molar-refractivity contribution in [2.45, 2.75) is 0 Å². The summed E-state index contributed by atoms with van der Waals surface area (Å²) in [5.74, 6) is -1.31. The van der Waals surface area contributed by atoms with Crippen LogP contribution in [0.4, 0.5) is 25.8 Å². The maximum Gasteiger partial charge on any atom is 0.257 e. The van der Waals surface area contributed by atoms with Crippen LogP contribution in [0.5, 0.6) is 11.5 Å². The highest BCUT2D eigenvalue weighted by Gasteiger charge is 2.12. The first-order valence-corrected chi connectivity index (χ1v) is 8.20. The smallest absolute Gasteiger partial charge is 0.257 e. The van der Waals surface area contributed by atoms with Gasteiger partial charge in [-0.15, -0.1) is 0 Å². The first kappa shape index (κ1) is 19.1. The van der Waals surface area contributed by atoms with Crippen molar-refractivity contribution in [3.05, 3.63) is 72.1 Å². The average Bonchev–Trinajstić information content (AvgIpc) is 2.71. The summed E-state index contributed by atoms with van der Waals surface area (Å²) in [7, 11) is 3.01. The van der Waals surface area contributed by atoms with E-state index in [1.807, 2.05) is 0 Å². The molecule has 3 aromatic rings. The molecule has 0 bridgehead atoms. The number of nitrogens with one attached hydrogen (secondary N) is 2. The van der Waals surface area contributed by atoms with Gasteiger partial charge in [0, 0.05) is 24.0 Å². The van der Waals surface area contributed by atoms with Gasteiger partial charge in [-0.3, -0.25) is 9.78 Å². The van der Waals surface area contributed by atoms with Crippen molar-refractivity contribution in [2.24, 2.45) is 0 Å². The van der Waals surface area contributed by atoms with E-state index in [4.69, 9.17) is 9.47 Å². The minimum absolute atomic E-state index is 0.262. The third-order valence-corrected chi connectivity index (χ3v) is 3.86. The van der Waals surface area contributed by atoms with Crippen molar-refractivity contribution in [3.63, 3.8) is 0 Å². The minimum atomic E-state index is -0.975. The van der Waals surface area contributed by atoms with E-state index in [0.717, 1.165) is 12.1 Å². The predicted molar refractivity (Wildman–Crippen MR) is 101 cm³/mol. The Bertz CT molecular complexity index is 1010. The third-order valence-electron chi connectivity index (χ3n) is 3.86. The number of methoxy groups -OCH3 is 2. The highest BCUT2D eigenvalue weighted by Crippen LogP contribution is 2.29. The second kappa shape index (κ2) is 8.34. The molecule has 1 heterocycles. The van der Waals surface area contributed by atoms with Crippen molar-refractivity contribution in [1.29, 1.82) is 0 Å². The Balaban J connectivity index is 1.80. The van der Waals surface area contributed by atoms with Gasteiger partial charge in [-0.2, -0.15) is 0 Å². The normalized spacial score (nSPS) is 10.3. The van der Waals surface area contributed by atoms with Gasteiger partial charge in [0.05, 0.1) is 37.4 Å². The number of anilines is 3. The average molecular weight is 385 g/mol. The van der Waals surface area contributed by atoms with E-state index in [1.54, 1.807) is 18.2 Å². The molecule has 144 valence electrons. The summed E-state index contributed by atoms with van der Waals surface area (Å²) >= 11 is 0. The zero-order valence-corrected chi connectivity index (χ0v) is 15.1. The van der Waals surface area contributed by atoms with Crippen molar-refractivity contribution < 1.29 is 23.0 Å². The molecule has 2 N–H and O–H groups in total. The van der Waals surface area contributed by atoms with E-state index in [0.29, 0.717) is 28.6 Å². The summed E-state index contributed by atoms with van der Waals surface area (Å²) in [4.78, 5) is 16.6. The SMILES string of the molecule is COc1ccc(OC)c(NC(=O)c2cncc(Nc3ccc(F)c(F)c3)c2)c1. The van der Waals surface area contributed by atoms with Gasteiger partial charge < -0.3 is 20.1 Å². The molecule has 3 rings (SSSR count). The predicted octanol–water partition coefficient (Wildman–Crippen LogP) is 4.37. The topological polar surface area (TPSA) is 72.5 Å². The lowest BCUT2D eigenvalue weighted by atomic mass is 10.2. The van der Waals surface area contributed by atoms with Gasteiger partial charge in [-0.05, 0) is 30.3 Å². The van der Waals surface area contributed by atoms with Crippen molar-refractivity contribution in [1.82, 2.24) is 4.98 Å². The second-order valence-electron chi connectivity index (χ2n) is 5.74. The summed E-state index contributed by atoms with van der Waals surface area (Å²) in [6.07, 6.45) is 2.85. The van der Waals surface area contributed by atoms with E-state index in [9.17, 15) is 13.6 Å². The Morgan fingerprint density at radius 1 is 0.929 bits per heavy atom. The zero-order chi connectivity index (χ0) is 20.1. The number of carbonyl (C=O) groups is 1. The third kappa shape index (κ3) is 4.35. The number of amides is 1. The number of pyridine rings is 1. The first-order chi connectivity index (χ1) is 13.5. The lowest BCUT2D eigenvalue weighted by Gasteiger charge is -2.12. The number of halogens is 2. The van der Waals surface area contributed by atoms with Gasteiger partial charge >= 0.3 is 0 Å². The Kier molecular flexibility index (Phi) is 5.69. The molecule has 0 aliphatic heterocycles. The fraction of sp³-hybridized carbons (Fsp3) is 0.100. The molecule has 2 aromatic carbocycles. The molecule has 0 aliphatic rings. The van der Waals surface area contributed by atoms with E-state index in [1.165, 1.54) is 38.7 Å². The van der Waals surface area contributed by atoms with Gasteiger partial charge in [0.1, 0.15) is 11.5 Å². The van der Waals surface area contributed by atoms with Crippen LogP contribution in [-0.4, -0.2) is 25.1 Å². The standard InChI is InChI=1S/C20H17F2N3O3/c1-27-15-4-6-19(28-2)18(9-15)25-20(26)12-7-14(11-23-10-12)24-13-3-5-16(21)17(22)8-13/h3-11,24H,1-2H3,(H,25,26). The quantitative estimate of drug-likeness (QED) is 0.659. The second-order valence-corrected chi connectivity index (χ2v) is 5.74. The summed E-state index contributed by atoms with van der Waals surface area (Å²) in [6, 6.07) is 9.96. The lowest BCUT2D eigenvalue weighted by molar-refractivity contribution is 0.102. The van der Waals surface area contributed by atoms with E-state index in [-0.39, 0.29) is 5.56 Å². The molecule has 1 amide bonds. The Labute approximate surface area is 160 Å². The summed E-state index contributed by atoms with van der Waals surface area (Å²) < 4.78 is 36.8. The lowest BCUT2D eigenvalue weighted by Crippen LogP contribution is -2.13. The molecule has 0 saturated carbocycles. The van der Waals surface area contributed by atoms with Crippen LogP contribution < -0.4 is 20.1 Å². The fourth-order valence-corrected chi connectivity index (χ4v) is 2.48. The molecule has 0 unspecified atom stereocenters. The summed E-state index contributed by atoms with van der Waals surface area (Å²) in [5.41, 5.74) is 1.47. The van der Waals surface area contributed by atoms with Crippen LogP contribution >= 0.6 is 0 Å². The number of rotatable bonds is 6. The maximum absolute atomic E-state index is 13.3. The van der Waals surface area contributed by atoms with Gasteiger partial charge in [0.25, 0.3) is 5.91 Å². The molecule has 0 saturated heterocycles. The van der Waals surface area contributed by atoms with Crippen LogP contribution in [0.15, 0.2) is 54.9 Å². The monoisotopic (exact) mass is 385 g/mol. The Morgan fingerprint density at radius 3 is 2.46 bits per heavy atom. The van der Waals surface area contributed by atoms with Crippen LogP contribution in [0.2, 0.25) is 0 Å². The number of nitrogens with zero attached hydrogens (tertiary/aromatic N) is 1. The molecule has 28 heavy (non-hydrogen) atoms. The van der Waals surface area contributed by atoms with Crippen LogP contribution in [0.1, 0.15) is 10.4 Å². The summed E-state index contributed by atoms with van der Waals surface area (Å²) in [6.45, 7) is 0. The number of hydrogen-bond acceptors (Lipinski definition) is 5. The first-order valence-electron chi connectivity index (χ1n) is 8.20. The molecule has 0 atom stereocenters. The van der Waals surface area contributed by atoms with Gasteiger partial charge in [-0.25, -0.2) is 8.78 Å². The van der Waals surface area contributed by atoms with Crippen LogP contribution in [0.25, 0.3) is 0 Å². The molecule has 0 aliphatic carbocycles. The largest absolute Gasteiger partial charge is 0.497 e. The number of hydrogen-bond donors (Lipinski definition) is 2. The van der Waals surface area contributed by atoms with Gasteiger partial charge in [0.15, 0.2) is 11.6 Å². The highest BCUT2D eigenvalue weighted by atomic mass is 19.2. The van der Waals surface area contributed by atoms with E-state index < -0.39 is 17.5 Å². The Hall–Kier alpha value is -3.68. The van der Waals surface area contributed by atoms with Crippen molar-refractivity contribution in [3.8, 4) is 11.5 Å². The van der Waals surface area contributed by atoms with Crippen LogP contribution in [0.3, 0.4) is 0 Å². The molecule has 0 radical (unpaired) electrons. The summed E-state index contributed by atoms with van der Waals surface area (Å²) in [5, 5.41) is 5.62. The molecule has 0 fully saturated rings. The maximum atomic E-state index is 13.3. The fourth-order valence-electron chi connectivity index (χ4n) is 2.48. The molecular formula is C20H17F2N3O3. The molecular weight excluding hydrogens is 368 g/mol. The van der Waals surface area contributed by atoms with Crippen LogP contribution in [0, 0.1) is 11.6 Å². The number of carbonyl (C=O) groups excluding carboxylic acids is 1. The van der Waals surface area contributed by atoms with Crippen molar-refractivity contribution in [2.75, 3.05) is 24.9 Å². The van der Waals surface area contributed by atoms with Gasteiger partial charge in [-0.1, -0.05) is 0 Å². The number of ether oxygens (including phenoxy) is 2. The van der Waals surface area contributed by atoms with Crippen molar-refractivity contribution >= 4 is 23.0 Å². The molecule has 1 aromatic heterocycles. The number of benzene rings is 2. The number of aromatic nitrogens is 1. The minimum Gasteiger partial charge on any atom is -0.497 e. The Morgan fingerprint density at radius 2 is 1.75 bits per heavy atom. The molecule has 6 nitrogen and oxygen atoms in total. The van der Waals surface area contributed by atoms with E-state index in [2.05, 4.69) is 15.6 Å². The molecule has 8 heteroatoms. The van der Waals surface area contributed by atoms with E-state index >= 15 is 0 Å². The van der Waals surface area contributed by atoms with Crippen LogP contribution in [-0.2, 0) is 0 Å². The highest BCUT2D eigenvalue weighted by molar-refractivity contribution is 6.05.